The Morgan fingerprint density at radius 2 is 2.24 bits per heavy atom. The summed E-state index contributed by atoms with van der Waals surface area (Å²) in [7, 11) is 0. The minimum absolute atomic E-state index is 0.0234. The van der Waals surface area contributed by atoms with Crippen molar-refractivity contribution >= 4 is 69.4 Å². The van der Waals surface area contributed by atoms with Gasteiger partial charge < -0.3 is 25.9 Å². The number of amides is 2. The van der Waals surface area contributed by atoms with Crippen LogP contribution < -0.4 is 11.1 Å². The Hall–Kier alpha value is -3.87. The first-order valence-corrected chi connectivity index (χ1v) is 11.4. The lowest BCUT2D eigenvalue weighted by Crippen LogP contribution is -2.71. The Bertz CT molecular complexity index is 1340. The highest BCUT2D eigenvalue weighted by Gasteiger charge is 2.54. The molecule has 13 nitrogen and oxygen atoms in total. The molecule has 0 unspecified atom stereocenters. The number of thioether (sulfide) groups is 1. The van der Waals surface area contributed by atoms with Crippen molar-refractivity contribution in [3.63, 3.8) is 0 Å². The van der Waals surface area contributed by atoms with Gasteiger partial charge >= 0.3 is 5.97 Å². The van der Waals surface area contributed by atoms with Gasteiger partial charge in [-0.2, -0.15) is 5.26 Å². The van der Waals surface area contributed by atoms with Crippen LogP contribution in [0, 0.1) is 11.3 Å². The van der Waals surface area contributed by atoms with Crippen molar-refractivity contribution in [3.8, 4) is 6.07 Å². The zero-order chi connectivity index (χ0) is 24.6. The van der Waals surface area contributed by atoms with Crippen LogP contribution in [0.1, 0.15) is 17.1 Å². The fourth-order valence-corrected chi connectivity index (χ4v) is 5.49. The van der Waals surface area contributed by atoms with E-state index >= 15 is 0 Å². The normalized spacial score (nSPS) is 20.2. The van der Waals surface area contributed by atoms with Gasteiger partial charge in [0.15, 0.2) is 22.3 Å². The van der Waals surface area contributed by atoms with E-state index in [0.29, 0.717) is 5.57 Å². The van der Waals surface area contributed by atoms with E-state index in [9.17, 15) is 24.7 Å². The first-order chi connectivity index (χ1) is 16.2. The van der Waals surface area contributed by atoms with Gasteiger partial charge in [-0.3, -0.25) is 14.5 Å². The lowest BCUT2D eigenvalue weighted by atomic mass is 10.0. The molecule has 174 valence electrons. The van der Waals surface area contributed by atoms with Crippen LogP contribution >= 0.6 is 34.7 Å². The lowest BCUT2D eigenvalue weighted by molar-refractivity contribution is -0.150. The molecule has 4 rings (SSSR count). The van der Waals surface area contributed by atoms with Crippen molar-refractivity contribution in [2.45, 2.75) is 11.4 Å². The number of hydrogen-bond donors (Lipinski definition) is 4. The summed E-state index contributed by atoms with van der Waals surface area (Å²) in [4.78, 5) is 42.2. The molecule has 0 saturated carbocycles. The Labute approximate surface area is 203 Å². The van der Waals surface area contributed by atoms with Crippen molar-refractivity contribution in [2.24, 2.45) is 5.16 Å². The van der Waals surface area contributed by atoms with Gasteiger partial charge in [-0.1, -0.05) is 39.3 Å². The minimum atomic E-state index is -1.33. The maximum Gasteiger partial charge on any atom is 0.352 e. The molecule has 0 aliphatic carbocycles. The topological polar surface area (TPSA) is 208 Å². The highest BCUT2D eigenvalue weighted by molar-refractivity contribution is 8.00. The average molecular weight is 522 g/mol. The van der Waals surface area contributed by atoms with E-state index in [1.165, 1.54) is 30.0 Å². The van der Waals surface area contributed by atoms with Gasteiger partial charge in [-0.25, -0.2) is 9.78 Å². The van der Waals surface area contributed by atoms with Crippen molar-refractivity contribution in [1.29, 1.82) is 5.26 Å². The number of hydrogen-bond acceptors (Lipinski definition) is 12. The third kappa shape index (κ3) is 4.09. The molecule has 1 saturated heterocycles. The molecular weight excluding hydrogens is 510 g/mol. The van der Waals surface area contributed by atoms with Gasteiger partial charge in [0.25, 0.3) is 11.8 Å². The van der Waals surface area contributed by atoms with Crippen LogP contribution in [0.25, 0.3) is 6.08 Å². The molecule has 4 heterocycles. The number of oxime groups is 1. The standard InChI is InChI=1S/C18H12ClN7O6S2/c19-13-9(23-18(21)34-13)10(24-31)14(27)22-11-15(28)26-12(17(29)30)6(5-33-16(11)26)1-2-8-3-7(4-20)25-32-8/h1-3,11,16,31H,5H2,(H2,21,23)(H,22,27)(H,29,30)/b2-1-,24-10-/t11-,16-/m1/s1. The molecule has 0 aromatic carbocycles. The fraction of sp³-hybridized carbons (Fsp3) is 0.167. The molecule has 0 radical (unpaired) electrons. The number of nitriles is 1. The van der Waals surface area contributed by atoms with Gasteiger partial charge in [-0.15, -0.1) is 11.8 Å². The molecule has 2 amide bonds. The second kappa shape index (κ2) is 9.17. The number of aromatic nitrogens is 2. The van der Waals surface area contributed by atoms with E-state index in [-0.39, 0.29) is 38.1 Å². The highest BCUT2D eigenvalue weighted by atomic mass is 35.5. The number of halogens is 1. The summed E-state index contributed by atoms with van der Waals surface area (Å²) in [5.74, 6) is -2.49. The number of nitrogens with two attached hydrogens (primary N) is 1. The predicted molar refractivity (Wildman–Crippen MR) is 120 cm³/mol. The second-order valence-electron chi connectivity index (χ2n) is 6.72. The number of carbonyl (C=O) groups excluding carboxylic acids is 2. The Kier molecular flexibility index (Phi) is 6.28. The van der Waals surface area contributed by atoms with Gasteiger partial charge in [0.05, 0.1) is 0 Å². The molecule has 34 heavy (non-hydrogen) atoms. The number of nitrogen functional groups attached to an aromatic ring is 1. The lowest BCUT2D eigenvalue weighted by Gasteiger charge is -2.49. The van der Waals surface area contributed by atoms with Crippen LogP contribution in [0.2, 0.25) is 4.34 Å². The van der Waals surface area contributed by atoms with Crippen molar-refractivity contribution in [1.82, 2.24) is 20.4 Å². The molecule has 0 bridgehead atoms. The maximum absolute atomic E-state index is 12.8. The zero-order valence-corrected chi connectivity index (χ0v) is 19.0. The van der Waals surface area contributed by atoms with Crippen LogP contribution in [0.3, 0.4) is 0 Å². The van der Waals surface area contributed by atoms with Gasteiger partial charge in [0, 0.05) is 11.8 Å². The largest absolute Gasteiger partial charge is 0.477 e. The summed E-state index contributed by atoms with van der Waals surface area (Å²) in [5.41, 5.74) is 5.01. The Balaban J connectivity index is 1.53. The van der Waals surface area contributed by atoms with Gasteiger partial charge in [-0.05, 0) is 11.6 Å². The second-order valence-corrected chi connectivity index (χ2v) is 9.46. The fourth-order valence-electron chi connectivity index (χ4n) is 3.25. The summed E-state index contributed by atoms with van der Waals surface area (Å²) in [6.07, 6.45) is 2.89. The monoisotopic (exact) mass is 521 g/mol. The SMILES string of the molecule is N#Cc1cc(/C=C\C2=C(C(=O)O)N3C(=O)[C@@H](NC(=O)/C(=N\O)c4nc(N)sc4Cl)[C@H]3SC2)on1. The van der Waals surface area contributed by atoms with Crippen LogP contribution in [-0.2, 0) is 14.4 Å². The number of anilines is 1. The van der Waals surface area contributed by atoms with E-state index < -0.39 is 34.9 Å². The molecular formula is C18H12ClN7O6S2. The summed E-state index contributed by atoms with van der Waals surface area (Å²) in [5, 5.41) is 36.0. The molecule has 2 aliphatic heterocycles. The van der Waals surface area contributed by atoms with E-state index in [1.54, 1.807) is 0 Å². The van der Waals surface area contributed by atoms with Crippen LogP contribution in [0.5, 0.6) is 0 Å². The van der Waals surface area contributed by atoms with Gasteiger partial charge in [0.2, 0.25) is 0 Å². The molecule has 5 N–H and O–H groups in total. The number of carboxylic acids is 1. The van der Waals surface area contributed by atoms with Crippen molar-refractivity contribution < 1.29 is 29.2 Å². The Morgan fingerprint density at radius 3 is 2.82 bits per heavy atom. The van der Waals surface area contributed by atoms with Crippen molar-refractivity contribution in [3.05, 3.63) is 44.9 Å². The van der Waals surface area contributed by atoms with Crippen LogP contribution in [0.4, 0.5) is 5.13 Å². The number of rotatable bonds is 6. The average Bonchev–Trinajstić information content (AvgIpc) is 3.41. The molecule has 2 aliphatic rings. The quantitative estimate of drug-likeness (QED) is 0.181. The smallest absolute Gasteiger partial charge is 0.352 e. The van der Waals surface area contributed by atoms with Crippen LogP contribution in [-0.4, -0.2) is 66.0 Å². The zero-order valence-electron chi connectivity index (χ0n) is 16.6. The molecule has 2 atom stereocenters. The number of thiazole rings is 1. The number of carbonyl (C=O) groups is 3. The maximum atomic E-state index is 12.8. The first-order valence-electron chi connectivity index (χ1n) is 9.16. The third-order valence-corrected chi connectivity index (χ3v) is 7.11. The molecule has 2 aromatic heterocycles. The number of nitrogens with one attached hydrogen (secondary N) is 1. The molecule has 2 aromatic rings. The number of aliphatic carboxylic acids is 1. The molecule has 0 spiro atoms. The molecule has 1 fully saturated rings. The summed E-state index contributed by atoms with van der Waals surface area (Å²) < 4.78 is 4.97. The number of nitrogens with zero attached hydrogens (tertiary/aromatic N) is 5. The molecule has 16 heteroatoms. The van der Waals surface area contributed by atoms with Crippen LogP contribution in [0.15, 0.2) is 33.1 Å². The number of β-lactam (4-membered cyclic amide) rings is 1. The van der Waals surface area contributed by atoms with E-state index in [2.05, 4.69) is 20.6 Å². The first kappa shape index (κ1) is 23.3. The van der Waals surface area contributed by atoms with Crippen molar-refractivity contribution in [2.75, 3.05) is 11.5 Å². The third-order valence-electron chi connectivity index (χ3n) is 4.72. The summed E-state index contributed by atoms with van der Waals surface area (Å²) >= 11 is 8.05. The van der Waals surface area contributed by atoms with E-state index in [1.807, 2.05) is 6.07 Å². The van der Waals surface area contributed by atoms with Gasteiger partial charge in [0.1, 0.15) is 33.2 Å². The Morgan fingerprint density at radius 1 is 1.47 bits per heavy atom. The van der Waals surface area contributed by atoms with E-state index in [4.69, 9.17) is 27.1 Å². The minimum Gasteiger partial charge on any atom is -0.477 e. The summed E-state index contributed by atoms with van der Waals surface area (Å²) in [6, 6.07) is 2.11. The number of carboxylic acid groups (broad SMARTS) is 1. The number of fused-ring (bicyclic) bond motifs is 1. The predicted octanol–water partition coefficient (Wildman–Crippen LogP) is 0.869. The number of allylic oxidation sites excluding steroid dienone is 1. The summed E-state index contributed by atoms with van der Waals surface area (Å²) in [6.45, 7) is 0. The van der Waals surface area contributed by atoms with E-state index in [0.717, 1.165) is 16.2 Å². The highest BCUT2D eigenvalue weighted by Crippen LogP contribution is 2.41.